The Labute approximate surface area is 171 Å². The fourth-order valence-corrected chi connectivity index (χ4v) is 3.84. The molecule has 1 N–H and O–H groups in total. The Morgan fingerprint density at radius 1 is 1.10 bits per heavy atom. The number of para-hydroxylation sites is 1. The molecule has 0 atom stereocenters. The second-order valence-corrected chi connectivity index (χ2v) is 7.28. The Bertz CT molecular complexity index is 992. The summed E-state index contributed by atoms with van der Waals surface area (Å²) < 4.78 is 0. The van der Waals surface area contributed by atoms with E-state index in [0.717, 1.165) is 61.6 Å². The molecule has 2 aromatic heterocycles. The van der Waals surface area contributed by atoms with Crippen LogP contribution in [0.25, 0.3) is 10.9 Å². The van der Waals surface area contributed by atoms with Gasteiger partial charge in [0.15, 0.2) is 0 Å². The molecule has 1 fully saturated rings. The average Bonchev–Trinajstić information content (AvgIpc) is 3.29. The third-order valence-electron chi connectivity index (χ3n) is 5.45. The summed E-state index contributed by atoms with van der Waals surface area (Å²) in [4.78, 5) is 26.9. The summed E-state index contributed by atoms with van der Waals surface area (Å²) in [5.74, 6) is 1.53. The molecule has 1 aliphatic heterocycles. The van der Waals surface area contributed by atoms with Crippen LogP contribution in [0.2, 0.25) is 0 Å². The third kappa shape index (κ3) is 4.01. The summed E-state index contributed by atoms with van der Waals surface area (Å²) in [6.45, 7) is 7.88. The van der Waals surface area contributed by atoms with Crippen molar-refractivity contribution >= 4 is 34.1 Å². The standard InChI is InChI=1S/C23H27N5O/c1-3-27(4-2)21-12-11-18(16-24-21)25-23(29)19-15-17-9-5-6-10-20(17)26-22(19)28-13-7-8-14-28/h5-6,9-12,15-16H,3-4,7-8,13-14H2,1-2H3,(H,25,29). The summed E-state index contributed by atoms with van der Waals surface area (Å²) in [7, 11) is 0. The molecule has 0 radical (unpaired) electrons. The van der Waals surface area contributed by atoms with E-state index in [1.54, 1.807) is 6.20 Å². The zero-order valence-corrected chi connectivity index (χ0v) is 17.1. The molecule has 1 aromatic carbocycles. The first-order chi connectivity index (χ1) is 14.2. The number of anilines is 3. The van der Waals surface area contributed by atoms with Gasteiger partial charge in [-0.1, -0.05) is 18.2 Å². The van der Waals surface area contributed by atoms with Gasteiger partial charge in [-0.2, -0.15) is 0 Å². The van der Waals surface area contributed by atoms with Gasteiger partial charge >= 0.3 is 0 Å². The Morgan fingerprint density at radius 3 is 2.55 bits per heavy atom. The van der Waals surface area contributed by atoms with Gasteiger partial charge in [-0.15, -0.1) is 0 Å². The van der Waals surface area contributed by atoms with Crippen LogP contribution in [0, 0.1) is 0 Å². The first-order valence-corrected chi connectivity index (χ1v) is 10.4. The summed E-state index contributed by atoms with van der Waals surface area (Å²) >= 11 is 0. The van der Waals surface area contributed by atoms with Crippen molar-refractivity contribution in [2.45, 2.75) is 26.7 Å². The molecule has 6 heteroatoms. The zero-order chi connectivity index (χ0) is 20.2. The van der Waals surface area contributed by atoms with Gasteiger partial charge in [0.2, 0.25) is 0 Å². The molecule has 1 amide bonds. The van der Waals surface area contributed by atoms with E-state index in [-0.39, 0.29) is 5.91 Å². The van der Waals surface area contributed by atoms with Crippen molar-refractivity contribution in [3.05, 3.63) is 54.2 Å². The molecule has 1 saturated heterocycles. The molecule has 0 unspecified atom stereocenters. The molecule has 4 rings (SSSR count). The van der Waals surface area contributed by atoms with Gasteiger partial charge in [0.1, 0.15) is 11.6 Å². The molecule has 0 spiro atoms. The predicted octanol–water partition coefficient (Wildman–Crippen LogP) is 4.33. The number of aromatic nitrogens is 2. The van der Waals surface area contributed by atoms with Crippen molar-refractivity contribution in [3.8, 4) is 0 Å². The molecular formula is C23H27N5O. The Balaban J connectivity index is 1.63. The van der Waals surface area contributed by atoms with Crippen molar-refractivity contribution in [1.29, 1.82) is 0 Å². The molecule has 1 aliphatic rings. The van der Waals surface area contributed by atoms with E-state index in [1.165, 1.54) is 0 Å². The Kier molecular flexibility index (Phi) is 5.60. The van der Waals surface area contributed by atoms with E-state index in [4.69, 9.17) is 4.98 Å². The molecule has 0 bridgehead atoms. The van der Waals surface area contributed by atoms with E-state index in [9.17, 15) is 4.79 Å². The maximum absolute atomic E-state index is 13.2. The highest BCUT2D eigenvalue weighted by Crippen LogP contribution is 2.27. The van der Waals surface area contributed by atoms with Crippen LogP contribution in [-0.2, 0) is 0 Å². The summed E-state index contributed by atoms with van der Waals surface area (Å²) in [5.41, 5.74) is 2.21. The molecule has 3 aromatic rings. The topological polar surface area (TPSA) is 61.4 Å². The summed E-state index contributed by atoms with van der Waals surface area (Å²) in [6, 6.07) is 13.7. The van der Waals surface area contributed by atoms with Gasteiger partial charge in [-0.25, -0.2) is 9.97 Å². The van der Waals surface area contributed by atoms with E-state index in [0.29, 0.717) is 11.3 Å². The normalized spacial score (nSPS) is 13.7. The quantitative estimate of drug-likeness (QED) is 0.680. The van der Waals surface area contributed by atoms with Gasteiger partial charge in [0.05, 0.1) is 23.0 Å². The number of benzene rings is 1. The second-order valence-electron chi connectivity index (χ2n) is 7.28. The monoisotopic (exact) mass is 389 g/mol. The van der Waals surface area contributed by atoms with Crippen LogP contribution < -0.4 is 15.1 Å². The maximum Gasteiger partial charge on any atom is 0.259 e. The van der Waals surface area contributed by atoms with E-state index >= 15 is 0 Å². The first-order valence-electron chi connectivity index (χ1n) is 10.4. The maximum atomic E-state index is 13.2. The molecule has 0 aliphatic carbocycles. The van der Waals surface area contributed by atoms with Crippen LogP contribution >= 0.6 is 0 Å². The van der Waals surface area contributed by atoms with Crippen molar-refractivity contribution in [3.63, 3.8) is 0 Å². The summed E-state index contributed by atoms with van der Waals surface area (Å²) in [5, 5.41) is 3.97. The summed E-state index contributed by atoms with van der Waals surface area (Å²) in [6.07, 6.45) is 3.98. The minimum Gasteiger partial charge on any atom is -0.357 e. The molecule has 0 saturated carbocycles. The number of nitrogens with one attached hydrogen (secondary N) is 1. The van der Waals surface area contributed by atoms with E-state index in [2.05, 4.69) is 33.9 Å². The minimum absolute atomic E-state index is 0.150. The number of carbonyl (C=O) groups excluding carboxylic acids is 1. The third-order valence-corrected chi connectivity index (χ3v) is 5.45. The number of rotatable bonds is 6. The van der Waals surface area contributed by atoms with Crippen molar-refractivity contribution < 1.29 is 4.79 Å². The van der Waals surface area contributed by atoms with Gasteiger partial charge in [0, 0.05) is 31.6 Å². The average molecular weight is 390 g/mol. The van der Waals surface area contributed by atoms with Gasteiger partial charge in [-0.05, 0) is 51.0 Å². The second kappa shape index (κ2) is 8.47. The number of carbonyl (C=O) groups is 1. The van der Waals surface area contributed by atoms with Crippen LogP contribution in [0.15, 0.2) is 48.7 Å². The largest absolute Gasteiger partial charge is 0.357 e. The fraction of sp³-hybridized carbons (Fsp3) is 0.348. The molecule has 29 heavy (non-hydrogen) atoms. The molecule has 6 nitrogen and oxygen atoms in total. The molecule has 3 heterocycles. The van der Waals surface area contributed by atoms with E-state index in [1.807, 2.05) is 42.5 Å². The lowest BCUT2D eigenvalue weighted by atomic mass is 10.1. The first kappa shape index (κ1) is 19.2. The predicted molar refractivity (Wildman–Crippen MR) is 119 cm³/mol. The smallest absolute Gasteiger partial charge is 0.259 e. The van der Waals surface area contributed by atoms with Crippen LogP contribution in [-0.4, -0.2) is 42.1 Å². The van der Waals surface area contributed by atoms with Crippen LogP contribution in [0.1, 0.15) is 37.0 Å². The highest BCUT2D eigenvalue weighted by Gasteiger charge is 2.22. The Morgan fingerprint density at radius 2 is 1.86 bits per heavy atom. The van der Waals surface area contributed by atoms with Crippen LogP contribution in [0.5, 0.6) is 0 Å². The van der Waals surface area contributed by atoms with Crippen molar-refractivity contribution in [2.75, 3.05) is 41.3 Å². The van der Waals surface area contributed by atoms with Gasteiger partial charge < -0.3 is 15.1 Å². The highest BCUT2D eigenvalue weighted by atomic mass is 16.1. The number of hydrogen-bond acceptors (Lipinski definition) is 5. The van der Waals surface area contributed by atoms with Gasteiger partial charge in [0.25, 0.3) is 5.91 Å². The molecular weight excluding hydrogens is 362 g/mol. The lowest BCUT2D eigenvalue weighted by Crippen LogP contribution is -2.24. The number of pyridine rings is 2. The molecule has 150 valence electrons. The number of fused-ring (bicyclic) bond motifs is 1. The van der Waals surface area contributed by atoms with Crippen LogP contribution in [0.3, 0.4) is 0 Å². The Hall–Kier alpha value is -3.15. The lowest BCUT2D eigenvalue weighted by Gasteiger charge is -2.21. The zero-order valence-electron chi connectivity index (χ0n) is 17.1. The minimum atomic E-state index is -0.150. The van der Waals surface area contributed by atoms with Crippen molar-refractivity contribution in [2.24, 2.45) is 0 Å². The number of amides is 1. The van der Waals surface area contributed by atoms with Crippen molar-refractivity contribution in [1.82, 2.24) is 9.97 Å². The SMILES string of the molecule is CCN(CC)c1ccc(NC(=O)c2cc3ccccc3nc2N2CCCC2)cn1. The number of hydrogen-bond donors (Lipinski definition) is 1. The van der Waals surface area contributed by atoms with E-state index < -0.39 is 0 Å². The highest BCUT2D eigenvalue weighted by molar-refractivity contribution is 6.09. The van der Waals surface area contributed by atoms with Gasteiger partial charge in [-0.3, -0.25) is 4.79 Å². The lowest BCUT2D eigenvalue weighted by molar-refractivity contribution is 0.102. The fourth-order valence-electron chi connectivity index (χ4n) is 3.84. The number of nitrogens with zero attached hydrogens (tertiary/aromatic N) is 4. The van der Waals surface area contributed by atoms with Crippen LogP contribution in [0.4, 0.5) is 17.3 Å².